The minimum absolute atomic E-state index is 0.0918. The van der Waals surface area contributed by atoms with Crippen molar-refractivity contribution in [2.45, 2.75) is 18.0 Å². The summed E-state index contributed by atoms with van der Waals surface area (Å²) in [6.07, 6.45) is -3.66. The lowest BCUT2D eigenvalue weighted by Gasteiger charge is -2.43. The Morgan fingerprint density at radius 2 is 1.67 bits per heavy atom. The van der Waals surface area contributed by atoms with Gasteiger partial charge in [-0.3, -0.25) is 0 Å². The second kappa shape index (κ2) is 5.19. The summed E-state index contributed by atoms with van der Waals surface area (Å²) in [5.41, 5.74) is 1.25. The van der Waals surface area contributed by atoms with E-state index in [1.54, 1.807) is 6.07 Å². The van der Waals surface area contributed by atoms with Crippen LogP contribution in [0.5, 0.6) is 0 Å². The molecule has 110 valence electrons. The van der Waals surface area contributed by atoms with Gasteiger partial charge in [-0.15, -0.1) is 0 Å². The predicted molar refractivity (Wildman–Crippen MR) is 76.1 cm³/mol. The molecule has 0 aromatic heterocycles. The molecule has 2 aromatic carbocycles. The molecule has 1 aliphatic heterocycles. The Kier molecular flexibility index (Phi) is 3.49. The van der Waals surface area contributed by atoms with E-state index in [1.165, 1.54) is 17.7 Å². The highest BCUT2D eigenvalue weighted by molar-refractivity contribution is 5.35. The smallest absolute Gasteiger partial charge is 0.315 e. The van der Waals surface area contributed by atoms with Gasteiger partial charge in [0.2, 0.25) is 0 Å². The highest BCUT2D eigenvalue weighted by Crippen LogP contribution is 2.34. The molecule has 0 bridgehead atoms. The average molecular weight is 291 g/mol. The Balaban J connectivity index is 1.89. The summed E-state index contributed by atoms with van der Waals surface area (Å²) in [6, 6.07) is 15.7. The van der Waals surface area contributed by atoms with Crippen molar-refractivity contribution in [3.05, 3.63) is 71.3 Å². The molecule has 0 spiro atoms. The maximum Gasteiger partial charge on any atom is 0.416 e. The van der Waals surface area contributed by atoms with Crippen molar-refractivity contribution in [1.29, 1.82) is 0 Å². The number of hydrogen-bond donors (Lipinski definition) is 1. The second-order valence-electron chi connectivity index (χ2n) is 5.62. The Morgan fingerprint density at radius 3 is 2.24 bits per heavy atom. The van der Waals surface area contributed by atoms with E-state index in [-0.39, 0.29) is 5.41 Å². The van der Waals surface area contributed by atoms with E-state index in [4.69, 9.17) is 0 Å². The minimum Gasteiger partial charge on any atom is -0.315 e. The maximum absolute atomic E-state index is 12.8. The van der Waals surface area contributed by atoms with E-state index in [9.17, 15) is 13.2 Å². The Labute approximate surface area is 121 Å². The van der Waals surface area contributed by atoms with Crippen LogP contribution < -0.4 is 5.32 Å². The first-order valence-corrected chi connectivity index (χ1v) is 6.92. The van der Waals surface area contributed by atoms with Gasteiger partial charge in [0.25, 0.3) is 0 Å². The minimum atomic E-state index is -4.28. The zero-order valence-corrected chi connectivity index (χ0v) is 11.5. The van der Waals surface area contributed by atoms with Crippen LogP contribution in [-0.4, -0.2) is 13.1 Å². The Bertz CT molecular complexity index is 615. The zero-order chi connectivity index (χ0) is 14.9. The molecule has 0 radical (unpaired) electrons. The van der Waals surface area contributed by atoms with Crippen LogP contribution in [0.3, 0.4) is 0 Å². The van der Waals surface area contributed by atoms with E-state index < -0.39 is 11.7 Å². The number of nitrogens with one attached hydrogen (secondary N) is 1. The van der Waals surface area contributed by atoms with Crippen molar-refractivity contribution in [1.82, 2.24) is 5.32 Å². The molecule has 1 fully saturated rings. The van der Waals surface area contributed by atoms with Crippen LogP contribution in [0.25, 0.3) is 0 Å². The summed E-state index contributed by atoms with van der Waals surface area (Å²) >= 11 is 0. The predicted octanol–water partition coefficient (Wildman–Crippen LogP) is 3.79. The number of benzene rings is 2. The lowest BCUT2D eigenvalue weighted by molar-refractivity contribution is -0.137. The van der Waals surface area contributed by atoms with Gasteiger partial charge < -0.3 is 5.32 Å². The molecule has 2 aromatic rings. The van der Waals surface area contributed by atoms with Gasteiger partial charge in [-0.05, 0) is 23.6 Å². The summed E-state index contributed by atoms with van der Waals surface area (Å²) in [5.74, 6) is 0. The number of halogens is 3. The van der Waals surface area contributed by atoms with E-state index >= 15 is 0 Å². The normalized spacial score (nSPS) is 17.3. The molecule has 1 nitrogen and oxygen atoms in total. The largest absolute Gasteiger partial charge is 0.416 e. The third kappa shape index (κ3) is 2.81. The van der Waals surface area contributed by atoms with Gasteiger partial charge in [0, 0.05) is 18.5 Å². The topological polar surface area (TPSA) is 12.0 Å². The van der Waals surface area contributed by atoms with Crippen molar-refractivity contribution < 1.29 is 13.2 Å². The standard InChI is InChI=1S/C17H16F3N/c18-17(19,20)15-8-4-5-13(9-15)10-16(11-21-12-16)14-6-2-1-3-7-14/h1-9,21H,10-12H2. The molecule has 0 unspecified atom stereocenters. The van der Waals surface area contributed by atoms with Gasteiger partial charge in [-0.2, -0.15) is 13.2 Å². The number of alkyl halides is 3. The van der Waals surface area contributed by atoms with E-state index in [1.807, 2.05) is 18.2 Å². The first kappa shape index (κ1) is 14.1. The Hall–Kier alpha value is -1.81. The van der Waals surface area contributed by atoms with Gasteiger partial charge >= 0.3 is 6.18 Å². The fraction of sp³-hybridized carbons (Fsp3) is 0.294. The summed E-state index contributed by atoms with van der Waals surface area (Å²) in [5, 5.41) is 3.24. The summed E-state index contributed by atoms with van der Waals surface area (Å²) in [4.78, 5) is 0. The first-order valence-electron chi connectivity index (χ1n) is 6.92. The highest BCUT2D eigenvalue weighted by Gasteiger charge is 2.39. The van der Waals surface area contributed by atoms with Gasteiger partial charge in [0.05, 0.1) is 5.56 Å². The fourth-order valence-corrected chi connectivity index (χ4v) is 2.90. The van der Waals surface area contributed by atoms with Gasteiger partial charge in [-0.25, -0.2) is 0 Å². The van der Waals surface area contributed by atoms with Crippen LogP contribution in [0.4, 0.5) is 13.2 Å². The van der Waals surface area contributed by atoms with Gasteiger partial charge in [0.1, 0.15) is 0 Å². The lowest BCUT2D eigenvalue weighted by Crippen LogP contribution is -2.58. The molecule has 0 aliphatic carbocycles. The quantitative estimate of drug-likeness (QED) is 0.907. The van der Waals surface area contributed by atoms with Crippen LogP contribution in [0.2, 0.25) is 0 Å². The van der Waals surface area contributed by atoms with Crippen molar-refractivity contribution in [3.8, 4) is 0 Å². The second-order valence-corrected chi connectivity index (χ2v) is 5.62. The Morgan fingerprint density at radius 1 is 0.952 bits per heavy atom. The fourth-order valence-electron chi connectivity index (χ4n) is 2.90. The monoisotopic (exact) mass is 291 g/mol. The molecule has 0 amide bonds. The van der Waals surface area contributed by atoms with Crippen molar-refractivity contribution in [2.75, 3.05) is 13.1 Å². The molecule has 1 saturated heterocycles. The molecule has 1 heterocycles. The molecule has 1 N–H and O–H groups in total. The van der Waals surface area contributed by atoms with Crippen LogP contribution in [0.15, 0.2) is 54.6 Å². The van der Waals surface area contributed by atoms with Crippen LogP contribution in [0.1, 0.15) is 16.7 Å². The summed E-state index contributed by atoms with van der Waals surface area (Å²) in [7, 11) is 0. The van der Waals surface area contributed by atoms with Crippen LogP contribution in [0, 0.1) is 0 Å². The van der Waals surface area contributed by atoms with Crippen molar-refractivity contribution in [3.63, 3.8) is 0 Å². The lowest BCUT2D eigenvalue weighted by atomic mass is 9.71. The molecular weight excluding hydrogens is 275 g/mol. The van der Waals surface area contributed by atoms with E-state index in [2.05, 4.69) is 17.4 Å². The highest BCUT2D eigenvalue weighted by atomic mass is 19.4. The first-order chi connectivity index (χ1) is 10.00. The third-order valence-electron chi connectivity index (χ3n) is 4.11. The SMILES string of the molecule is FC(F)(F)c1cccc(CC2(c3ccccc3)CNC2)c1. The van der Waals surface area contributed by atoms with Crippen LogP contribution >= 0.6 is 0 Å². The van der Waals surface area contributed by atoms with Gasteiger partial charge in [-0.1, -0.05) is 48.5 Å². The van der Waals surface area contributed by atoms with Gasteiger partial charge in [0.15, 0.2) is 0 Å². The maximum atomic E-state index is 12.8. The summed E-state index contributed by atoms with van der Waals surface area (Å²) in [6.45, 7) is 1.60. The molecule has 21 heavy (non-hydrogen) atoms. The third-order valence-corrected chi connectivity index (χ3v) is 4.11. The van der Waals surface area contributed by atoms with E-state index in [0.717, 1.165) is 24.7 Å². The zero-order valence-electron chi connectivity index (χ0n) is 11.5. The molecule has 4 heteroatoms. The molecule has 3 rings (SSSR count). The summed E-state index contributed by atoms with van der Waals surface area (Å²) < 4.78 is 38.4. The van der Waals surface area contributed by atoms with Crippen LogP contribution in [-0.2, 0) is 18.0 Å². The molecule has 0 atom stereocenters. The molecule has 1 aliphatic rings. The van der Waals surface area contributed by atoms with E-state index in [0.29, 0.717) is 6.42 Å². The number of rotatable bonds is 3. The molecule has 0 saturated carbocycles. The molecular formula is C17H16F3N. The average Bonchev–Trinajstić information content (AvgIpc) is 2.43. The van der Waals surface area contributed by atoms with Crippen molar-refractivity contribution >= 4 is 0 Å². The number of hydrogen-bond acceptors (Lipinski definition) is 1. The van der Waals surface area contributed by atoms with Crippen molar-refractivity contribution in [2.24, 2.45) is 0 Å².